The molecular weight excluding hydrogens is 410 g/mol. The van der Waals surface area contributed by atoms with Crippen LogP contribution >= 0.6 is 0 Å². The molecule has 2 aromatic heterocycles. The van der Waals surface area contributed by atoms with Crippen LogP contribution in [0.25, 0.3) is 0 Å². The number of nitrogens with one attached hydrogen (secondary N) is 1. The zero-order valence-electron chi connectivity index (χ0n) is 17.4. The van der Waals surface area contributed by atoms with E-state index in [1.54, 1.807) is 42.3 Å². The average molecular weight is 431 g/mol. The minimum atomic E-state index is -0.286. The second kappa shape index (κ2) is 8.23. The summed E-state index contributed by atoms with van der Waals surface area (Å²) in [7, 11) is 1.58. The SMILES string of the molecule is COc1cc([C@H]2CCn3nc(C(=O)N[C@H]4COc5ccc(C#N)cc5C4)cc3O2)ccn1. The van der Waals surface area contributed by atoms with Crippen LogP contribution in [0.1, 0.15) is 39.7 Å². The first-order valence-electron chi connectivity index (χ1n) is 10.3. The number of hydrogen-bond acceptors (Lipinski definition) is 7. The van der Waals surface area contributed by atoms with Crippen LogP contribution in [-0.2, 0) is 13.0 Å². The topological polar surface area (TPSA) is 111 Å². The van der Waals surface area contributed by atoms with Gasteiger partial charge in [0.1, 0.15) is 18.5 Å². The lowest BCUT2D eigenvalue weighted by molar-refractivity contribution is 0.0909. The van der Waals surface area contributed by atoms with Crippen molar-refractivity contribution in [1.29, 1.82) is 5.26 Å². The number of benzene rings is 1. The summed E-state index contributed by atoms with van der Waals surface area (Å²) in [6, 6.07) is 12.6. The number of fused-ring (bicyclic) bond motifs is 2. The second-order valence-corrected chi connectivity index (χ2v) is 7.74. The van der Waals surface area contributed by atoms with Gasteiger partial charge in [-0.25, -0.2) is 9.67 Å². The van der Waals surface area contributed by atoms with Gasteiger partial charge in [0.2, 0.25) is 11.8 Å². The quantitative estimate of drug-likeness (QED) is 0.675. The van der Waals surface area contributed by atoms with Crippen molar-refractivity contribution >= 4 is 5.91 Å². The summed E-state index contributed by atoms with van der Waals surface area (Å²) in [5.74, 6) is 1.54. The Kier molecular flexibility index (Phi) is 5.11. The number of nitriles is 1. The lowest BCUT2D eigenvalue weighted by atomic mass is 10.0. The van der Waals surface area contributed by atoms with E-state index in [9.17, 15) is 4.79 Å². The number of hydrogen-bond donors (Lipinski definition) is 1. The molecule has 32 heavy (non-hydrogen) atoms. The number of rotatable bonds is 4. The van der Waals surface area contributed by atoms with Crippen LogP contribution in [0.5, 0.6) is 17.5 Å². The van der Waals surface area contributed by atoms with E-state index in [4.69, 9.17) is 19.5 Å². The summed E-state index contributed by atoms with van der Waals surface area (Å²) in [5, 5.41) is 16.5. The maximum Gasteiger partial charge on any atom is 0.272 e. The highest BCUT2D eigenvalue weighted by Gasteiger charge is 2.27. The van der Waals surface area contributed by atoms with Crippen molar-refractivity contribution in [1.82, 2.24) is 20.1 Å². The van der Waals surface area contributed by atoms with E-state index in [-0.39, 0.29) is 18.1 Å². The predicted octanol–water partition coefficient (Wildman–Crippen LogP) is 2.42. The fourth-order valence-corrected chi connectivity index (χ4v) is 4.00. The smallest absolute Gasteiger partial charge is 0.272 e. The molecule has 9 heteroatoms. The molecule has 0 unspecified atom stereocenters. The fourth-order valence-electron chi connectivity index (χ4n) is 4.00. The number of pyridine rings is 1. The predicted molar refractivity (Wildman–Crippen MR) is 113 cm³/mol. The van der Waals surface area contributed by atoms with Gasteiger partial charge >= 0.3 is 0 Å². The zero-order chi connectivity index (χ0) is 22.1. The molecule has 1 amide bonds. The third-order valence-electron chi connectivity index (χ3n) is 5.61. The first-order valence-corrected chi connectivity index (χ1v) is 10.3. The molecule has 5 rings (SSSR count). The molecule has 9 nitrogen and oxygen atoms in total. The Morgan fingerprint density at radius 3 is 3.06 bits per heavy atom. The number of amides is 1. The Morgan fingerprint density at radius 2 is 2.22 bits per heavy atom. The van der Waals surface area contributed by atoms with E-state index >= 15 is 0 Å². The highest BCUT2D eigenvalue weighted by molar-refractivity contribution is 5.92. The summed E-state index contributed by atoms with van der Waals surface area (Å²) in [5.41, 5.74) is 2.73. The first-order chi connectivity index (χ1) is 15.6. The van der Waals surface area contributed by atoms with Crippen LogP contribution in [0.15, 0.2) is 42.6 Å². The molecule has 3 aromatic rings. The van der Waals surface area contributed by atoms with Gasteiger partial charge < -0.3 is 19.5 Å². The number of nitrogens with zero attached hydrogens (tertiary/aromatic N) is 4. The van der Waals surface area contributed by atoms with E-state index in [2.05, 4.69) is 21.5 Å². The van der Waals surface area contributed by atoms with Crippen molar-refractivity contribution in [2.75, 3.05) is 13.7 Å². The number of carbonyl (C=O) groups is 1. The van der Waals surface area contributed by atoms with Crippen molar-refractivity contribution in [2.24, 2.45) is 0 Å². The number of aromatic nitrogens is 3. The van der Waals surface area contributed by atoms with Gasteiger partial charge in [-0.2, -0.15) is 10.4 Å². The van der Waals surface area contributed by atoms with E-state index in [0.717, 1.165) is 23.3 Å². The minimum Gasteiger partial charge on any atom is -0.491 e. The Balaban J connectivity index is 1.26. The van der Waals surface area contributed by atoms with E-state index < -0.39 is 0 Å². The number of aryl methyl sites for hydroxylation is 1. The first kappa shape index (κ1) is 19.9. The molecule has 0 saturated carbocycles. The zero-order valence-corrected chi connectivity index (χ0v) is 17.4. The molecule has 0 fully saturated rings. The normalized spacial score (nSPS) is 18.9. The van der Waals surface area contributed by atoms with Crippen LogP contribution < -0.4 is 19.5 Å². The van der Waals surface area contributed by atoms with Crippen molar-refractivity contribution in [2.45, 2.75) is 31.5 Å². The van der Waals surface area contributed by atoms with Gasteiger partial charge in [-0.3, -0.25) is 4.79 Å². The van der Waals surface area contributed by atoms with Crippen LogP contribution in [0.3, 0.4) is 0 Å². The molecule has 2 aliphatic rings. The van der Waals surface area contributed by atoms with Gasteiger partial charge in [0.05, 0.1) is 24.8 Å². The highest BCUT2D eigenvalue weighted by Crippen LogP contribution is 2.32. The molecular formula is C23H21N5O4. The summed E-state index contributed by atoms with van der Waals surface area (Å²) in [6.45, 7) is 0.995. The van der Waals surface area contributed by atoms with Gasteiger partial charge in [-0.05, 0) is 41.8 Å². The van der Waals surface area contributed by atoms with Crippen molar-refractivity contribution in [3.63, 3.8) is 0 Å². The molecule has 0 spiro atoms. The molecule has 0 saturated heterocycles. The standard InChI is InChI=1S/C23H21N5O4/c1-30-21-10-15(4-6-25-21)20-5-7-28-22(32-20)11-18(27-28)23(29)26-17-9-16-8-14(12-24)2-3-19(16)31-13-17/h2-4,6,8,10-11,17,20H,5,7,9,13H2,1H3,(H,26,29)/t17-,20-/m1/s1. The van der Waals surface area contributed by atoms with Gasteiger partial charge in [0.15, 0.2) is 5.69 Å². The molecule has 1 N–H and O–H groups in total. The van der Waals surface area contributed by atoms with Crippen LogP contribution in [0.4, 0.5) is 0 Å². The molecule has 2 aliphatic heterocycles. The molecule has 162 valence electrons. The van der Waals surface area contributed by atoms with Crippen molar-refractivity contribution in [3.8, 4) is 23.6 Å². The average Bonchev–Trinajstić information content (AvgIpc) is 3.27. The third kappa shape index (κ3) is 3.83. The van der Waals surface area contributed by atoms with Gasteiger partial charge in [-0.1, -0.05) is 0 Å². The molecule has 4 heterocycles. The maximum absolute atomic E-state index is 12.8. The summed E-state index contributed by atoms with van der Waals surface area (Å²) in [4.78, 5) is 17.0. The van der Waals surface area contributed by atoms with Gasteiger partial charge in [-0.15, -0.1) is 0 Å². The molecule has 0 aliphatic carbocycles. The largest absolute Gasteiger partial charge is 0.491 e. The summed E-state index contributed by atoms with van der Waals surface area (Å²) in [6.07, 6.45) is 2.83. The molecule has 0 bridgehead atoms. The number of carbonyl (C=O) groups excluding carboxylic acids is 1. The third-order valence-corrected chi connectivity index (χ3v) is 5.61. The molecule has 1 aromatic carbocycles. The lowest BCUT2D eigenvalue weighted by Crippen LogP contribution is -2.42. The monoisotopic (exact) mass is 431 g/mol. The van der Waals surface area contributed by atoms with E-state index in [1.165, 1.54) is 0 Å². The minimum absolute atomic E-state index is 0.162. The van der Waals surface area contributed by atoms with Gasteiger partial charge in [0, 0.05) is 31.3 Å². The fraction of sp³-hybridized carbons (Fsp3) is 0.304. The van der Waals surface area contributed by atoms with Gasteiger partial charge in [0.25, 0.3) is 5.91 Å². The van der Waals surface area contributed by atoms with Crippen LogP contribution in [0, 0.1) is 11.3 Å². The Labute approximate surface area is 184 Å². The van der Waals surface area contributed by atoms with Crippen molar-refractivity contribution < 1.29 is 19.0 Å². The van der Waals surface area contributed by atoms with E-state index in [0.29, 0.717) is 42.6 Å². The Bertz CT molecular complexity index is 1220. The maximum atomic E-state index is 12.8. The van der Waals surface area contributed by atoms with Crippen LogP contribution in [-0.4, -0.2) is 40.4 Å². The van der Waals surface area contributed by atoms with Crippen LogP contribution in [0.2, 0.25) is 0 Å². The summed E-state index contributed by atoms with van der Waals surface area (Å²) >= 11 is 0. The number of methoxy groups -OCH3 is 1. The highest BCUT2D eigenvalue weighted by atomic mass is 16.5. The lowest BCUT2D eigenvalue weighted by Gasteiger charge is -2.25. The molecule has 0 radical (unpaired) electrons. The molecule has 2 atom stereocenters. The number of ether oxygens (including phenoxy) is 3. The summed E-state index contributed by atoms with van der Waals surface area (Å²) < 4.78 is 18.7. The van der Waals surface area contributed by atoms with Crippen molar-refractivity contribution in [3.05, 3.63) is 65.0 Å². The second-order valence-electron chi connectivity index (χ2n) is 7.74. The van der Waals surface area contributed by atoms with E-state index in [1.807, 2.05) is 12.1 Å². The Morgan fingerprint density at radius 1 is 1.31 bits per heavy atom. The Hall–Kier alpha value is -4.06.